The Morgan fingerprint density at radius 3 is 2.54 bits per heavy atom. The lowest BCUT2D eigenvalue weighted by molar-refractivity contribution is 0.341. The number of hydrogen-bond donors (Lipinski definition) is 4. The first-order valence-corrected chi connectivity index (χ1v) is 11.3. The number of amidine groups is 1. The van der Waals surface area contributed by atoms with Crippen molar-refractivity contribution in [1.82, 2.24) is 21.1 Å². The molecule has 4 N–H and O–H groups in total. The molecule has 178 valence electrons. The highest BCUT2D eigenvalue weighted by molar-refractivity contribution is 6.36. The van der Waals surface area contributed by atoms with E-state index in [0.717, 1.165) is 0 Å². The number of hydrogen-bond acceptors (Lipinski definition) is 8. The number of nitrogens with one attached hydrogen (secondary N) is 4. The summed E-state index contributed by atoms with van der Waals surface area (Å²) in [6.45, 7) is 6.93. The number of benzene rings is 2. The van der Waals surface area contributed by atoms with Crippen LogP contribution in [0.3, 0.4) is 0 Å². The van der Waals surface area contributed by atoms with Gasteiger partial charge in [-0.2, -0.15) is 5.26 Å². The number of nitriles is 1. The first-order chi connectivity index (χ1) is 16.5. The second-order valence-electron chi connectivity index (χ2n) is 9.59. The van der Waals surface area contributed by atoms with Gasteiger partial charge in [-0.3, -0.25) is 9.99 Å². The molecule has 0 saturated carbocycles. The Labute approximate surface area is 209 Å². The molecule has 1 aliphatic rings. The zero-order valence-corrected chi connectivity index (χ0v) is 20.6. The van der Waals surface area contributed by atoms with Crippen LogP contribution >= 0.6 is 11.6 Å². The van der Waals surface area contributed by atoms with Crippen LogP contribution in [0.4, 0.5) is 15.8 Å². The van der Waals surface area contributed by atoms with E-state index in [1.165, 1.54) is 18.3 Å². The molecule has 3 aromatic rings. The van der Waals surface area contributed by atoms with E-state index >= 15 is 0 Å². The molecule has 0 bridgehead atoms. The van der Waals surface area contributed by atoms with Gasteiger partial charge in [-0.05, 0) is 35.2 Å². The molecule has 4 rings (SSSR count). The molecule has 0 spiro atoms. The van der Waals surface area contributed by atoms with Gasteiger partial charge in [-0.15, -0.1) is 10.6 Å². The van der Waals surface area contributed by atoms with Gasteiger partial charge in [-0.25, -0.2) is 9.93 Å². The number of nitrogens with zero attached hydrogens (tertiary/aromatic N) is 4. The molecule has 35 heavy (non-hydrogen) atoms. The minimum absolute atomic E-state index is 0.0256. The van der Waals surface area contributed by atoms with Crippen LogP contribution < -0.4 is 21.7 Å². The molecule has 1 aliphatic heterocycles. The molecule has 1 atom stereocenters. The number of hydrazine groups is 2. The predicted molar refractivity (Wildman–Crippen MR) is 138 cm³/mol. The number of likely N-dealkylation sites (N-methyl/N-ethyl adjacent to an activating group) is 1. The average molecular weight is 491 g/mol. The van der Waals surface area contributed by atoms with E-state index in [0.29, 0.717) is 50.8 Å². The van der Waals surface area contributed by atoms with Gasteiger partial charge in [0.15, 0.2) is 5.84 Å². The third-order valence-corrected chi connectivity index (χ3v) is 5.82. The van der Waals surface area contributed by atoms with Crippen molar-refractivity contribution in [2.45, 2.75) is 26.2 Å². The lowest BCUT2D eigenvalue weighted by atomic mass is 9.70. The summed E-state index contributed by atoms with van der Waals surface area (Å²) in [6.07, 6.45) is 1.51. The zero-order chi connectivity index (χ0) is 25.4. The average Bonchev–Trinajstić information content (AvgIpc) is 3.23. The number of hydrazone groups is 1. The van der Waals surface area contributed by atoms with E-state index in [-0.39, 0.29) is 11.2 Å². The smallest absolute Gasteiger partial charge is 0.162 e. The molecule has 0 fully saturated rings. The van der Waals surface area contributed by atoms with Crippen molar-refractivity contribution in [2.24, 2.45) is 10.5 Å². The maximum absolute atomic E-state index is 13.7. The molecule has 1 aromatic heterocycles. The van der Waals surface area contributed by atoms with Crippen LogP contribution in [0, 0.1) is 22.6 Å². The summed E-state index contributed by atoms with van der Waals surface area (Å²) < 4.78 is 13.7. The van der Waals surface area contributed by atoms with Crippen molar-refractivity contribution in [3.8, 4) is 6.07 Å². The van der Waals surface area contributed by atoms with Crippen LogP contribution in [-0.4, -0.2) is 37.3 Å². The fourth-order valence-electron chi connectivity index (χ4n) is 3.79. The van der Waals surface area contributed by atoms with Crippen molar-refractivity contribution in [3.63, 3.8) is 0 Å². The number of aromatic nitrogens is 1. The minimum Gasteiger partial charge on any atom is -0.383 e. The predicted octanol–water partition coefficient (Wildman–Crippen LogP) is 4.06. The Morgan fingerprint density at radius 2 is 1.94 bits per heavy atom. The van der Waals surface area contributed by atoms with Crippen LogP contribution in [-0.2, 0) is 5.44 Å². The first-order valence-electron chi connectivity index (χ1n) is 10.9. The molecule has 8 nitrogen and oxygen atoms in total. The largest absolute Gasteiger partial charge is 0.383 e. The van der Waals surface area contributed by atoms with Crippen molar-refractivity contribution >= 4 is 47.6 Å². The molecule has 0 saturated heterocycles. The number of halogens is 2. The highest BCUT2D eigenvalue weighted by Gasteiger charge is 2.37. The molecule has 11 heteroatoms. The van der Waals surface area contributed by atoms with E-state index in [1.807, 2.05) is 6.07 Å². The van der Waals surface area contributed by atoms with E-state index in [9.17, 15) is 9.65 Å². The quantitative estimate of drug-likeness (QED) is 0.387. The summed E-state index contributed by atoms with van der Waals surface area (Å²) in [4.78, 5) is 4.40. The van der Waals surface area contributed by atoms with E-state index in [1.54, 1.807) is 30.3 Å². The Kier molecular flexibility index (Phi) is 6.49. The third-order valence-electron chi connectivity index (χ3n) is 5.53. The SMILES string of the molecule is [B]C(Nc1cc(Cl)c2ncc(C#N)c(NCC(C)(C)C)c2c1)(C1=NNNN1C)c1ccc(F)cc1. The van der Waals surface area contributed by atoms with Crippen molar-refractivity contribution in [3.05, 3.63) is 64.6 Å². The van der Waals surface area contributed by atoms with Crippen molar-refractivity contribution < 1.29 is 4.39 Å². The highest BCUT2D eigenvalue weighted by atomic mass is 35.5. The highest BCUT2D eigenvalue weighted by Crippen LogP contribution is 2.36. The maximum atomic E-state index is 13.7. The van der Waals surface area contributed by atoms with Crippen molar-refractivity contribution in [2.75, 3.05) is 24.2 Å². The fourth-order valence-corrected chi connectivity index (χ4v) is 4.06. The number of rotatable bonds is 6. The van der Waals surface area contributed by atoms with Crippen LogP contribution in [0.25, 0.3) is 10.9 Å². The molecule has 2 heterocycles. The molecule has 2 radical (unpaired) electrons. The molecular weight excluding hydrogens is 466 g/mol. The van der Waals surface area contributed by atoms with Crippen LogP contribution in [0.15, 0.2) is 47.7 Å². The summed E-state index contributed by atoms with van der Waals surface area (Å²) in [5.74, 6) is 0.0304. The summed E-state index contributed by atoms with van der Waals surface area (Å²) >= 11 is 6.63. The van der Waals surface area contributed by atoms with E-state index in [4.69, 9.17) is 19.4 Å². The topological polar surface area (TPSA) is 100 Å². The van der Waals surface area contributed by atoms with Crippen LogP contribution in [0.1, 0.15) is 31.9 Å². The summed E-state index contributed by atoms with van der Waals surface area (Å²) in [6, 6.07) is 11.6. The minimum atomic E-state index is -1.37. The molecule has 0 aliphatic carbocycles. The number of anilines is 2. The standard InChI is InChI=1S/C24H25BClFN8/c1-23(2,3)13-30-20-14(11-28)12-29-21-18(20)9-17(10-19(21)26)31-24(25,22-32-33-34-35(22)4)15-5-7-16(27)8-6-15/h5-10,12,31,33-34H,13H2,1-4H3,(H,29,30). The molecule has 0 amide bonds. The zero-order valence-electron chi connectivity index (χ0n) is 19.9. The monoisotopic (exact) mass is 490 g/mol. The fraction of sp³-hybridized carbons (Fsp3) is 0.292. The Bertz CT molecular complexity index is 1330. The Morgan fingerprint density at radius 1 is 1.23 bits per heavy atom. The van der Waals surface area contributed by atoms with Crippen molar-refractivity contribution in [1.29, 1.82) is 5.26 Å². The Hall–Kier alpha value is -3.55. The Balaban J connectivity index is 1.84. The number of pyridine rings is 1. The van der Waals surface area contributed by atoms with Gasteiger partial charge in [0.2, 0.25) is 0 Å². The van der Waals surface area contributed by atoms with Gasteiger partial charge in [0.1, 0.15) is 19.7 Å². The van der Waals surface area contributed by atoms with E-state index in [2.05, 4.69) is 58.6 Å². The lowest BCUT2D eigenvalue weighted by Crippen LogP contribution is -2.52. The van der Waals surface area contributed by atoms with Crippen LogP contribution in [0.5, 0.6) is 0 Å². The summed E-state index contributed by atoms with van der Waals surface area (Å²) in [5.41, 5.74) is 6.86. The van der Waals surface area contributed by atoms with Gasteiger partial charge in [0, 0.05) is 30.9 Å². The van der Waals surface area contributed by atoms with Gasteiger partial charge < -0.3 is 10.6 Å². The summed E-state index contributed by atoms with van der Waals surface area (Å²) in [5, 5.41) is 23.4. The van der Waals surface area contributed by atoms with E-state index < -0.39 is 5.44 Å². The van der Waals surface area contributed by atoms with Gasteiger partial charge in [0.25, 0.3) is 0 Å². The second-order valence-corrected chi connectivity index (χ2v) is 9.99. The lowest BCUT2D eigenvalue weighted by Gasteiger charge is -2.35. The number of fused-ring (bicyclic) bond motifs is 1. The third kappa shape index (κ3) is 4.97. The van der Waals surface area contributed by atoms with Gasteiger partial charge in [0.05, 0.1) is 27.2 Å². The maximum Gasteiger partial charge on any atom is 0.162 e. The van der Waals surface area contributed by atoms with Gasteiger partial charge >= 0.3 is 0 Å². The second kappa shape index (κ2) is 9.25. The first kappa shape index (κ1) is 24.6. The van der Waals surface area contributed by atoms with Gasteiger partial charge in [-0.1, -0.05) is 44.5 Å². The van der Waals surface area contributed by atoms with Crippen LogP contribution in [0.2, 0.25) is 5.02 Å². The molecule has 1 unspecified atom stereocenters. The molecule has 2 aromatic carbocycles. The normalized spacial score (nSPS) is 15.2. The molecular formula is C24H25BClFN8. The summed E-state index contributed by atoms with van der Waals surface area (Å²) in [7, 11) is 8.64.